The normalized spacial score (nSPS) is 21.0. The Hall–Kier alpha value is -2.80. The predicted molar refractivity (Wildman–Crippen MR) is 116 cm³/mol. The highest BCUT2D eigenvalue weighted by Gasteiger charge is 2.39. The van der Waals surface area contributed by atoms with Crippen LogP contribution in [-0.2, 0) is 10.2 Å². The minimum Gasteiger partial charge on any atom is -0.379 e. The van der Waals surface area contributed by atoms with E-state index in [-0.39, 0.29) is 23.2 Å². The van der Waals surface area contributed by atoms with E-state index in [2.05, 4.69) is 23.9 Å². The molecule has 1 unspecified atom stereocenters. The van der Waals surface area contributed by atoms with E-state index in [9.17, 15) is 9.18 Å². The van der Waals surface area contributed by atoms with Crippen molar-refractivity contribution in [3.05, 3.63) is 53.6 Å². The molecule has 2 aliphatic heterocycles. The maximum Gasteiger partial charge on any atom is 0.272 e. The van der Waals surface area contributed by atoms with Gasteiger partial charge in [0, 0.05) is 24.2 Å². The molecule has 31 heavy (non-hydrogen) atoms. The van der Waals surface area contributed by atoms with Gasteiger partial charge in [-0.2, -0.15) is 5.10 Å². The Kier molecular flexibility index (Phi) is 5.01. The molecule has 7 heteroatoms. The summed E-state index contributed by atoms with van der Waals surface area (Å²) in [4.78, 5) is 20.1. The minimum absolute atomic E-state index is 0.0457. The van der Waals surface area contributed by atoms with Crippen molar-refractivity contribution in [3.63, 3.8) is 0 Å². The van der Waals surface area contributed by atoms with E-state index in [1.54, 1.807) is 28.8 Å². The zero-order chi connectivity index (χ0) is 21.6. The number of ether oxygens (including phenoxy) is 1. The molecule has 0 radical (unpaired) electrons. The number of rotatable bonds is 3. The second-order valence-electron chi connectivity index (χ2n) is 9.06. The van der Waals surface area contributed by atoms with E-state index >= 15 is 0 Å². The van der Waals surface area contributed by atoms with Gasteiger partial charge in [-0.15, -0.1) is 0 Å². The summed E-state index contributed by atoms with van der Waals surface area (Å²) in [5.74, 6) is -0.379. The van der Waals surface area contributed by atoms with Gasteiger partial charge in [0.25, 0.3) is 5.91 Å². The number of nitrogens with zero attached hydrogens (tertiary/aromatic N) is 4. The molecule has 2 fully saturated rings. The Morgan fingerprint density at radius 3 is 2.74 bits per heavy atom. The minimum atomic E-state index is -0.333. The number of likely N-dealkylation sites (tertiary alicyclic amines) is 1. The first-order valence-corrected chi connectivity index (χ1v) is 11.0. The van der Waals surface area contributed by atoms with Crippen LogP contribution in [-0.4, -0.2) is 51.2 Å². The first-order valence-electron chi connectivity index (χ1n) is 11.0. The summed E-state index contributed by atoms with van der Waals surface area (Å²) in [5.41, 5.74) is 2.50. The number of benzene rings is 1. The Bertz CT molecular complexity index is 1140. The highest BCUT2D eigenvalue weighted by atomic mass is 19.1. The van der Waals surface area contributed by atoms with Crippen LogP contribution in [0.5, 0.6) is 0 Å². The molecule has 1 atom stereocenters. The summed E-state index contributed by atoms with van der Waals surface area (Å²) in [6.45, 7) is 6.06. The molecular weight excluding hydrogens is 395 g/mol. The van der Waals surface area contributed by atoms with Gasteiger partial charge in [-0.25, -0.2) is 13.9 Å². The Labute approximate surface area is 181 Å². The first kappa shape index (κ1) is 20.1. The molecule has 0 aliphatic carbocycles. The molecule has 6 nitrogen and oxygen atoms in total. The second-order valence-corrected chi connectivity index (χ2v) is 9.06. The van der Waals surface area contributed by atoms with Gasteiger partial charge in [0.15, 0.2) is 5.65 Å². The monoisotopic (exact) mass is 422 g/mol. The van der Waals surface area contributed by atoms with Crippen LogP contribution in [0.4, 0.5) is 4.39 Å². The van der Waals surface area contributed by atoms with E-state index < -0.39 is 0 Å². The molecule has 2 saturated heterocycles. The average Bonchev–Trinajstić information content (AvgIpc) is 3.05. The highest BCUT2D eigenvalue weighted by Crippen LogP contribution is 2.34. The number of amides is 1. The first-order chi connectivity index (χ1) is 15.0. The van der Waals surface area contributed by atoms with E-state index in [1.165, 1.54) is 6.07 Å². The van der Waals surface area contributed by atoms with Gasteiger partial charge in [0.05, 0.1) is 30.0 Å². The summed E-state index contributed by atoms with van der Waals surface area (Å²) < 4.78 is 21.6. The van der Waals surface area contributed by atoms with Crippen molar-refractivity contribution in [2.45, 2.75) is 51.0 Å². The van der Waals surface area contributed by atoms with Crippen LogP contribution in [0.25, 0.3) is 16.9 Å². The van der Waals surface area contributed by atoms with Crippen LogP contribution in [0.3, 0.4) is 0 Å². The number of fused-ring (bicyclic) bond motifs is 1. The van der Waals surface area contributed by atoms with Gasteiger partial charge in [-0.1, -0.05) is 25.0 Å². The number of hydrogen-bond acceptors (Lipinski definition) is 4. The molecule has 2 aliphatic rings. The van der Waals surface area contributed by atoms with Crippen LogP contribution >= 0.6 is 0 Å². The van der Waals surface area contributed by atoms with Crippen LogP contribution in [0.15, 0.2) is 36.4 Å². The molecule has 4 heterocycles. The summed E-state index contributed by atoms with van der Waals surface area (Å²) in [7, 11) is 0. The number of carbonyl (C=O) groups excluding carboxylic acids is 1. The quantitative estimate of drug-likeness (QED) is 0.634. The van der Waals surface area contributed by atoms with Crippen LogP contribution < -0.4 is 0 Å². The number of halogens is 1. The standard InChI is InChI=1S/C24H27FN4O2/c1-16-8-4-3-7-11-28(16)23(30)20-12-21(24(2)14-31-15-24)29-22(26-20)13-19(27-29)17-9-5-6-10-18(17)25/h5-6,9-10,12-13,16H,3-4,7-8,11,14-15H2,1-2H3. The number of carbonyl (C=O) groups is 1. The lowest BCUT2D eigenvalue weighted by Gasteiger charge is -2.38. The van der Waals surface area contributed by atoms with Gasteiger partial charge in [-0.05, 0) is 44.9 Å². The van der Waals surface area contributed by atoms with E-state index in [1.807, 2.05) is 11.0 Å². The lowest BCUT2D eigenvalue weighted by Crippen LogP contribution is -2.46. The lowest BCUT2D eigenvalue weighted by atomic mass is 9.84. The third-order valence-corrected chi connectivity index (χ3v) is 6.57. The SMILES string of the molecule is CC1CCCCCN1C(=O)c1cc(C2(C)COC2)n2nc(-c3ccccc3F)cc2n1. The molecule has 0 bridgehead atoms. The zero-order valence-electron chi connectivity index (χ0n) is 18.0. The molecule has 5 rings (SSSR count). The van der Waals surface area contributed by atoms with Crippen molar-refractivity contribution in [1.82, 2.24) is 19.5 Å². The number of aromatic nitrogens is 3. The molecule has 0 N–H and O–H groups in total. The predicted octanol–water partition coefficient (Wildman–Crippen LogP) is 4.23. The largest absolute Gasteiger partial charge is 0.379 e. The molecule has 2 aromatic heterocycles. The zero-order valence-corrected chi connectivity index (χ0v) is 18.0. The molecular formula is C24H27FN4O2. The van der Waals surface area contributed by atoms with Crippen molar-refractivity contribution < 1.29 is 13.9 Å². The van der Waals surface area contributed by atoms with Crippen molar-refractivity contribution in [2.75, 3.05) is 19.8 Å². The average molecular weight is 423 g/mol. The summed E-state index contributed by atoms with van der Waals surface area (Å²) in [5, 5.41) is 4.67. The van der Waals surface area contributed by atoms with Crippen LogP contribution in [0.1, 0.15) is 55.7 Å². The molecule has 3 aromatic rings. The van der Waals surface area contributed by atoms with Gasteiger partial charge in [0.2, 0.25) is 0 Å². The molecule has 0 spiro atoms. The summed E-state index contributed by atoms with van der Waals surface area (Å²) >= 11 is 0. The Morgan fingerprint density at radius 2 is 2.00 bits per heavy atom. The molecule has 1 amide bonds. The van der Waals surface area contributed by atoms with Crippen molar-refractivity contribution in [1.29, 1.82) is 0 Å². The highest BCUT2D eigenvalue weighted by molar-refractivity contribution is 5.93. The van der Waals surface area contributed by atoms with E-state index in [4.69, 9.17) is 4.74 Å². The van der Waals surface area contributed by atoms with Crippen molar-refractivity contribution >= 4 is 11.6 Å². The fraction of sp³-hybridized carbons (Fsp3) is 0.458. The summed E-state index contributed by atoms with van der Waals surface area (Å²) in [6, 6.07) is 10.4. The topological polar surface area (TPSA) is 59.7 Å². The van der Waals surface area contributed by atoms with Gasteiger partial charge in [0.1, 0.15) is 11.5 Å². The number of hydrogen-bond donors (Lipinski definition) is 0. The summed E-state index contributed by atoms with van der Waals surface area (Å²) in [6.07, 6.45) is 4.32. The molecule has 0 saturated carbocycles. The maximum atomic E-state index is 14.4. The van der Waals surface area contributed by atoms with Crippen LogP contribution in [0, 0.1) is 5.82 Å². The van der Waals surface area contributed by atoms with E-state index in [0.717, 1.165) is 37.9 Å². The fourth-order valence-electron chi connectivity index (χ4n) is 4.59. The third kappa shape index (κ3) is 3.51. The van der Waals surface area contributed by atoms with Gasteiger partial charge < -0.3 is 9.64 Å². The Morgan fingerprint density at radius 1 is 1.19 bits per heavy atom. The molecule has 1 aromatic carbocycles. The Balaban J connectivity index is 1.63. The molecule has 162 valence electrons. The lowest BCUT2D eigenvalue weighted by molar-refractivity contribution is -0.0531. The van der Waals surface area contributed by atoms with Gasteiger partial charge >= 0.3 is 0 Å². The third-order valence-electron chi connectivity index (χ3n) is 6.57. The van der Waals surface area contributed by atoms with Crippen molar-refractivity contribution in [2.24, 2.45) is 0 Å². The maximum absolute atomic E-state index is 14.4. The van der Waals surface area contributed by atoms with Crippen LogP contribution in [0.2, 0.25) is 0 Å². The smallest absolute Gasteiger partial charge is 0.272 e. The van der Waals surface area contributed by atoms with Crippen molar-refractivity contribution in [3.8, 4) is 11.3 Å². The van der Waals surface area contributed by atoms with E-state index in [0.29, 0.717) is 35.8 Å². The second kappa shape index (κ2) is 7.71. The van der Waals surface area contributed by atoms with Gasteiger partial charge in [-0.3, -0.25) is 4.79 Å². The fourth-order valence-corrected chi connectivity index (χ4v) is 4.59.